The second-order valence-corrected chi connectivity index (χ2v) is 4.01. The van der Waals surface area contributed by atoms with E-state index in [1.807, 2.05) is 25.1 Å². The summed E-state index contributed by atoms with van der Waals surface area (Å²) < 4.78 is 10.5. The lowest BCUT2D eigenvalue weighted by molar-refractivity contribution is -0.121. The SMILES string of the molecule is CCCCC(=O)NN=Cc1ccc2c(c1)OCO2. The molecule has 0 radical (unpaired) electrons. The molecule has 5 heteroatoms. The van der Waals surface area contributed by atoms with Crippen LogP contribution in [0.25, 0.3) is 0 Å². The van der Waals surface area contributed by atoms with Gasteiger partial charge in [0.25, 0.3) is 0 Å². The summed E-state index contributed by atoms with van der Waals surface area (Å²) in [6, 6.07) is 5.50. The maximum atomic E-state index is 11.3. The quantitative estimate of drug-likeness (QED) is 0.641. The van der Waals surface area contributed by atoms with E-state index in [2.05, 4.69) is 10.5 Å². The molecule has 2 rings (SSSR count). The molecule has 0 spiro atoms. The van der Waals surface area contributed by atoms with Gasteiger partial charge >= 0.3 is 0 Å². The van der Waals surface area contributed by atoms with Gasteiger partial charge in [0.15, 0.2) is 11.5 Å². The molecule has 0 unspecified atom stereocenters. The Labute approximate surface area is 106 Å². The Morgan fingerprint density at radius 1 is 1.44 bits per heavy atom. The Kier molecular flexibility index (Phi) is 4.17. The van der Waals surface area contributed by atoms with E-state index < -0.39 is 0 Å². The minimum atomic E-state index is -0.0613. The highest BCUT2D eigenvalue weighted by molar-refractivity contribution is 5.83. The first-order chi connectivity index (χ1) is 8.79. The van der Waals surface area contributed by atoms with Gasteiger partial charge in [0.2, 0.25) is 12.7 Å². The number of ether oxygens (including phenoxy) is 2. The predicted molar refractivity (Wildman–Crippen MR) is 67.8 cm³/mol. The van der Waals surface area contributed by atoms with Gasteiger partial charge in [-0.05, 0) is 30.2 Å². The van der Waals surface area contributed by atoms with Crippen molar-refractivity contribution in [2.75, 3.05) is 6.79 Å². The molecule has 1 aliphatic rings. The van der Waals surface area contributed by atoms with E-state index in [0.29, 0.717) is 12.2 Å². The largest absolute Gasteiger partial charge is 0.454 e. The molecule has 0 saturated carbocycles. The number of benzene rings is 1. The summed E-state index contributed by atoms with van der Waals surface area (Å²) in [6.45, 7) is 2.30. The van der Waals surface area contributed by atoms with Gasteiger partial charge in [-0.3, -0.25) is 4.79 Å². The molecule has 1 aromatic carbocycles. The smallest absolute Gasteiger partial charge is 0.240 e. The fourth-order valence-electron chi connectivity index (χ4n) is 1.57. The molecule has 5 nitrogen and oxygen atoms in total. The fraction of sp³-hybridized carbons (Fsp3) is 0.385. The van der Waals surface area contributed by atoms with Gasteiger partial charge in [0.1, 0.15) is 0 Å². The second-order valence-electron chi connectivity index (χ2n) is 4.01. The molecule has 1 aliphatic heterocycles. The number of hydrazone groups is 1. The number of nitrogens with one attached hydrogen (secondary N) is 1. The topological polar surface area (TPSA) is 59.9 Å². The minimum absolute atomic E-state index is 0.0613. The molecule has 96 valence electrons. The summed E-state index contributed by atoms with van der Waals surface area (Å²) in [5.74, 6) is 1.38. The van der Waals surface area contributed by atoms with Gasteiger partial charge in [-0.25, -0.2) is 5.43 Å². The minimum Gasteiger partial charge on any atom is -0.454 e. The van der Waals surface area contributed by atoms with E-state index in [0.717, 1.165) is 24.2 Å². The summed E-state index contributed by atoms with van der Waals surface area (Å²) in [5, 5.41) is 3.90. The lowest BCUT2D eigenvalue weighted by atomic mass is 10.2. The number of hydrogen-bond acceptors (Lipinski definition) is 4. The maximum absolute atomic E-state index is 11.3. The average molecular weight is 248 g/mol. The molecule has 0 bridgehead atoms. The number of fused-ring (bicyclic) bond motifs is 1. The van der Waals surface area contributed by atoms with Crippen LogP contribution in [0.2, 0.25) is 0 Å². The van der Waals surface area contributed by atoms with E-state index in [9.17, 15) is 4.79 Å². The molecule has 1 heterocycles. The number of rotatable bonds is 5. The van der Waals surface area contributed by atoms with Gasteiger partial charge in [-0.1, -0.05) is 13.3 Å². The zero-order valence-corrected chi connectivity index (χ0v) is 10.3. The predicted octanol–water partition coefficient (Wildman–Crippen LogP) is 2.06. The van der Waals surface area contributed by atoms with Crippen molar-refractivity contribution in [3.8, 4) is 11.5 Å². The zero-order chi connectivity index (χ0) is 12.8. The zero-order valence-electron chi connectivity index (χ0n) is 10.3. The Bertz CT molecular complexity index is 458. The number of hydrogen-bond donors (Lipinski definition) is 1. The van der Waals surface area contributed by atoms with Crippen LogP contribution in [0.4, 0.5) is 0 Å². The molecular formula is C13H16N2O3. The highest BCUT2D eigenvalue weighted by atomic mass is 16.7. The van der Waals surface area contributed by atoms with Gasteiger partial charge in [-0.2, -0.15) is 5.10 Å². The molecule has 0 atom stereocenters. The monoisotopic (exact) mass is 248 g/mol. The first kappa shape index (κ1) is 12.4. The van der Waals surface area contributed by atoms with Gasteiger partial charge in [0.05, 0.1) is 6.21 Å². The summed E-state index contributed by atoms with van der Waals surface area (Å²) in [7, 11) is 0. The average Bonchev–Trinajstić information content (AvgIpc) is 2.83. The number of carbonyl (C=O) groups excluding carboxylic acids is 1. The molecule has 1 amide bonds. The normalized spacial score (nSPS) is 12.9. The lowest BCUT2D eigenvalue weighted by Crippen LogP contribution is -2.16. The van der Waals surface area contributed by atoms with E-state index in [1.54, 1.807) is 6.21 Å². The van der Waals surface area contributed by atoms with Crippen molar-refractivity contribution in [1.82, 2.24) is 5.43 Å². The molecule has 0 fully saturated rings. The number of unbranched alkanes of at least 4 members (excludes halogenated alkanes) is 1. The fourth-order valence-corrected chi connectivity index (χ4v) is 1.57. The Morgan fingerprint density at radius 2 is 2.28 bits per heavy atom. The van der Waals surface area contributed by atoms with Crippen molar-refractivity contribution in [1.29, 1.82) is 0 Å². The number of carbonyl (C=O) groups is 1. The lowest BCUT2D eigenvalue weighted by Gasteiger charge is -1.99. The highest BCUT2D eigenvalue weighted by Gasteiger charge is 2.12. The summed E-state index contributed by atoms with van der Waals surface area (Å²) in [4.78, 5) is 11.3. The van der Waals surface area contributed by atoms with Crippen LogP contribution < -0.4 is 14.9 Å². The summed E-state index contributed by atoms with van der Waals surface area (Å²) in [6.07, 6.45) is 3.98. The van der Waals surface area contributed by atoms with E-state index in [4.69, 9.17) is 9.47 Å². The van der Waals surface area contributed by atoms with Crippen LogP contribution in [-0.4, -0.2) is 18.9 Å². The third kappa shape index (κ3) is 3.23. The first-order valence-electron chi connectivity index (χ1n) is 6.01. The van der Waals surface area contributed by atoms with E-state index >= 15 is 0 Å². The number of nitrogens with zero attached hydrogens (tertiary/aromatic N) is 1. The van der Waals surface area contributed by atoms with E-state index in [-0.39, 0.29) is 12.7 Å². The molecule has 0 saturated heterocycles. The summed E-state index contributed by atoms with van der Waals surface area (Å²) >= 11 is 0. The Hall–Kier alpha value is -2.04. The van der Waals surface area contributed by atoms with Crippen LogP contribution in [-0.2, 0) is 4.79 Å². The molecule has 0 aliphatic carbocycles. The second kappa shape index (κ2) is 6.05. The third-order valence-corrected chi connectivity index (χ3v) is 2.56. The Balaban J connectivity index is 1.87. The van der Waals surface area contributed by atoms with Crippen molar-refractivity contribution >= 4 is 12.1 Å². The molecule has 1 aromatic rings. The van der Waals surface area contributed by atoms with Gasteiger partial charge < -0.3 is 9.47 Å². The van der Waals surface area contributed by atoms with Crippen LogP contribution in [0.5, 0.6) is 11.5 Å². The first-order valence-corrected chi connectivity index (χ1v) is 6.01. The Morgan fingerprint density at radius 3 is 3.11 bits per heavy atom. The van der Waals surface area contributed by atoms with Crippen molar-refractivity contribution in [2.24, 2.45) is 5.10 Å². The molecular weight excluding hydrogens is 232 g/mol. The standard InChI is InChI=1S/C13H16N2O3/c1-2-3-4-13(16)15-14-8-10-5-6-11-12(7-10)18-9-17-11/h5-8H,2-4,9H2,1H3,(H,15,16). The van der Waals surface area contributed by atoms with E-state index in [1.165, 1.54) is 0 Å². The third-order valence-electron chi connectivity index (χ3n) is 2.56. The van der Waals surface area contributed by atoms with Crippen LogP contribution in [0.1, 0.15) is 31.7 Å². The number of amides is 1. The van der Waals surface area contributed by atoms with Crippen molar-refractivity contribution < 1.29 is 14.3 Å². The van der Waals surface area contributed by atoms with Gasteiger partial charge in [0, 0.05) is 6.42 Å². The van der Waals surface area contributed by atoms with Crippen molar-refractivity contribution in [3.05, 3.63) is 23.8 Å². The molecule has 0 aromatic heterocycles. The summed E-state index contributed by atoms with van der Waals surface area (Å²) in [5.41, 5.74) is 3.35. The van der Waals surface area contributed by atoms with Crippen LogP contribution >= 0.6 is 0 Å². The van der Waals surface area contributed by atoms with Crippen LogP contribution in [0.15, 0.2) is 23.3 Å². The molecule has 1 N–H and O–H groups in total. The van der Waals surface area contributed by atoms with Crippen LogP contribution in [0, 0.1) is 0 Å². The van der Waals surface area contributed by atoms with Crippen molar-refractivity contribution in [2.45, 2.75) is 26.2 Å². The highest BCUT2D eigenvalue weighted by Crippen LogP contribution is 2.31. The van der Waals surface area contributed by atoms with Crippen LogP contribution in [0.3, 0.4) is 0 Å². The maximum Gasteiger partial charge on any atom is 0.240 e. The van der Waals surface area contributed by atoms with Gasteiger partial charge in [-0.15, -0.1) is 0 Å². The molecule has 18 heavy (non-hydrogen) atoms. The van der Waals surface area contributed by atoms with Crippen molar-refractivity contribution in [3.63, 3.8) is 0 Å².